The molecule has 2 aliphatic heterocycles. The molecule has 0 radical (unpaired) electrons. The quantitative estimate of drug-likeness (QED) is 0.775. The zero-order valence-electron chi connectivity index (χ0n) is 13.8. The summed E-state index contributed by atoms with van der Waals surface area (Å²) >= 11 is 0. The second kappa shape index (κ2) is 5.65. The summed E-state index contributed by atoms with van der Waals surface area (Å²) in [4.78, 5) is 13.8. The number of ether oxygens (including phenoxy) is 3. The topological polar surface area (TPSA) is 48.0 Å². The van der Waals surface area contributed by atoms with Crippen LogP contribution >= 0.6 is 0 Å². The highest BCUT2D eigenvalue weighted by atomic mass is 19.3. The molecule has 2 aliphatic rings. The molecule has 0 unspecified atom stereocenters. The van der Waals surface area contributed by atoms with Gasteiger partial charge in [0.25, 0.3) is 0 Å². The molecule has 3 rings (SSSR count). The lowest BCUT2D eigenvalue weighted by Crippen LogP contribution is -2.39. The second-order valence-corrected chi connectivity index (χ2v) is 6.75. The second-order valence-electron chi connectivity index (χ2n) is 6.75. The van der Waals surface area contributed by atoms with Gasteiger partial charge in [0.1, 0.15) is 5.60 Å². The number of hydrogen-bond acceptors (Lipinski definition) is 4. The van der Waals surface area contributed by atoms with Crippen LogP contribution in [0.15, 0.2) is 24.3 Å². The zero-order valence-corrected chi connectivity index (χ0v) is 13.8. The van der Waals surface area contributed by atoms with Crippen LogP contribution in [0.2, 0.25) is 0 Å². The third-order valence-corrected chi connectivity index (χ3v) is 3.57. The SMILES string of the molecule is CC(C)(C)OC(=O)N1CCC=C(c2ccc3c(c2)OC(F)(F)O3)C1. The summed E-state index contributed by atoms with van der Waals surface area (Å²) < 4.78 is 40.5. The third kappa shape index (κ3) is 3.60. The molecule has 0 aliphatic carbocycles. The van der Waals surface area contributed by atoms with Crippen LogP contribution < -0.4 is 9.47 Å². The Morgan fingerprint density at radius 2 is 1.96 bits per heavy atom. The summed E-state index contributed by atoms with van der Waals surface area (Å²) in [5.74, 6) is -0.00282. The van der Waals surface area contributed by atoms with Crippen LogP contribution in [0.5, 0.6) is 11.5 Å². The van der Waals surface area contributed by atoms with Crippen molar-refractivity contribution in [2.75, 3.05) is 13.1 Å². The van der Waals surface area contributed by atoms with E-state index < -0.39 is 11.9 Å². The summed E-state index contributed by atoms with van der Waals surface area (Å²) in [7, 11) is 0. The van der Waals surface area contributed by atoms with E-state index in [4.69, 9.17) is 4.74 Å². The number of benzene rings is 1. The molecular formula is C17H19F2NO4. The standard InChI is InChI=1S/C17H19F2NO4/c1-16(2,3)24-15(21)20-8-4-5-12(10-20)11-6-7-13-14(9-11)23-17(18,19)22-13/h5-7,9H,4,8,10H2,1-3H3. The van der Waals surface area contributed by atoms with Crippen molar-refractivity contribution in [3.8, 4) is 11.5 Å². The van der Waals surface area contributed by atoms with Crippen LogP contribution in [0.1, 0.15) is 32.8 Å². The molecule has 0 atom stereocenters. The highest BCUT2D eigenvalue weighted by Gasteiger charge is 2.43. The largest absolute Gasteiger partial charge is 0.586 e. The van der Waals surface area contributed by atoms with Crippen molar-refractivity contribution in [1.29, 1.82) is 0 Å². The minimum Gasteiger partial charge on any atom is -0.444 e. The first-order chi connectivity index (χ1) is 11.1. The Balaban J connectivity index is 1.75. The molecule has 0 N–H and O–H groups in total. The maximum Gasteiger partial charge on any atom is 0.586 e. The summed E-state index contributed by atoms with van der Waals surface area (Å²) in [5.41, 5.74) is 1.000. The maximum atomic E-state index is 13.1. The van der Waals surface area contributed by atoms with Gasteiger partial charge in [-0.25, -0.2) is 4.79 Å². The van der Waals surface area contributed by atoms with Crippen molar-refractivity contribution >= 4 is 11.7 Å². The fourth-order valence-corrected chi connectivity index (χ4v) is 2.58. The van der Waals surface area contributed by atoms with Gasteiger partial charge in [-0.15, -0.1) is 8.78 Å². The van der Waals surface area contributed by atoms with Gasteiger partial charge in [-0.3, -0.25) is 0 Å². The van der Waals surface area contributed by atoms with Crippen molar-refractivity contribution in [2.45, 2.75) is 39.1 Å². The zero-order chi connectivity index (χ0) is 17.5. The molecule has 2 heterocycles. The molecule has 1 aromatic carbocycles. The predicted molar refractivity (Wildman–Crippen MR) is 83.0 cm³/mol. The van der Waals surface area contributed by atoms with E-state index in [0.29, 0.717) is 25.1 Å². The van der Waals surface area contributed by atoms with E-state index in [-0.39, 0.29) is 17.6 Å². The van der Waals surface area contributed by atoms with Gasteiger partial charge in [0.15, 0.2) is 11.5 Å². The van der Waals surface area contributed by atoms with E-state index in [1.807, 2.05) is 26.8 Å². The van der Waals surface area contributed by atoms with Gasteiger partial charge in [-0.1, -0.05) is 12.1 Å². The Bertz CT molecular complexity index is 694. The lowest BCUT2D eigenvalue weighted by Gasteiger charge is -2.30. The smallest absolute Gasteiger partial charge is 0.444 e. The molecule has 0 saturated heterocycles. The molecular weight excluding hydrogens is 320 g/mol. The Morgan fingerprint density at radius 1 is 1.25 bits per heavy atom. The normalized spacial score (nSPS) is 19.0. The lowest BCUT2D eigenvalue weighted by molar-refractivity contribution is -0.286. The first-order valence-electron chi connectivity index (χ1n) is 7.70. The van der Waals surface area contributed by atoms with Gasteiger partial charge in [0.05, 0.1) is 0 Å². The summed E-state index contributed by atoms with van der Waals surface area (Å²) in [6.07, 6.45) is -1.37. The number of amides is 1. The summed E-state index contributed by atoms with van der Waals surface area (Å²) in [6.45, 7) is 6.34. The Hall–Kier alpha value is -2.31. The minimum absolute atomic E-state index is 0.00385. The summed E-state index contributed by atoms with van der Waals surface area (Å²) in [5, 5.41) is 0. The van der Waals surface area contributed by atoms with Gasteiger partial charge < -0.3 is 19.1 Å². The predicted octanol–water partition coefficient (Wildman–Crippen LogP) is 4.03. The number of nitrogens with zero attached hydrogens (tertiary/aromatic N) is 1. The van der Waals surface area contributed by atoms with Crippen LogP contribution in [0.25, 0.3) is 5.57 Å². The van der Waals surface area contributed by atoms with Gasteiger partial charge in [0, 0.05) is 13.1 Å². The number of rotatable bonds is 1. The average Bonchev–Trinajstić information content (AvgIpc) is 2.78. The first-order valence-corrected chi connectivity index (χ1v) is 7.70. The molecule has 24 heavy (non-hydrogen) atoms. The van der Waals surface area contributed by atoms with E-state index in [9.17, 15) is 13.6 Å². The average molecular weight is 339 g/mol. The molecule has 0 aromatic heterocycles. The van der Waals surface area contributed by atoms with E-state index in [1.54, 1.807) is 11.0 Å². The van der Waals surface area contributed by atoms with Crippen molar-refractivity contribution in [3.63, 3.8) is 0 Å². The molecule has 5 nitrogen and oxygen atoms in total. The van der Waals surface area contributed by atoms with Gasteiger partial charge in [-0.2, -0.15) is 0 Å². The molecule has 130 valence electrons. The van der Waals surface area contributed by atoms with E-state index in [0.717, 1.165) is 5.57 Å². The van der Waals surface area contributed by atoms with Gasteiger partial charge in [0.2, 0.25) is 0 Å². The minimum atomic E-state index is -3.63. The molecule has 1 amide bonds. The summed E-state index contributed by atoms with van der Waals surface area (Å²) in [6, 6.07) is 4.62. The monoisotopic (exact) mass is 339 g/mol. The number of carbonyl (C=O) groups excluding carboxylic acids is 1. The van der Waals surface area contributed by atoms with E-state index in [2.05, 4.69) is 9.47 Å². The molecule has 0 spiro atoms. The fraction of sp³-hybridized carbons (Fsp3) is 0.471. The molecule has 0 bridgehead atoms. The number of hydrogen-bond donors (Lipinski definition) is 0. The van der Waals surface area contributed by atoms with Crippen LogP contribution in [-0.4, -0.2) is 36.0 Å². The third-order valence-electron chi connectivity index (χ3n) is 3.57. The van der Waals surface area contributed by atoms with Gasteiger partial charge >= 0.3 is 12.4 Å². The fourth-order valence-electron chi connectivity index (χ4n) is 2.58. The molecule has 1 aromatic rings. The Kier molecular flexibility index (Phi) is 3.89. The number of fused-ring (bicyclic) bond motifs is 1. The van der Waals surface area contributed by atoms with Crippen molar-refractivity contribution < 1.29 is 27.8 Å². The highest BCUT2D eigenvalue weighted by Crippen LogP contribution is 2.42. The van der Waals surface area contributed by atoms with Crippen LogP contribution in [0.3, 0.4) is 0 Å². The maximum absolute atomic E-state index is 13.1. The van der Waals surface area contributed by atoms with Gasteiger partial charge in [-0.05, 0) is 50.5 Å². The number of carbonyl (C=O) groups is 1. The molecule has 7 heteroatoms. The number of alkyl halides is 2. The van der Waals surface area contributed by atoms with Crippen molar-refractivity contribution in [2.24, 2.45) is 0 Å². The van der Waals surface area contributed by atoms with Crippen molar-refractivity contribution in [1.82, 2.24) is 4.90 Å². The lowest BCUT2D eigenvalue weighted by atomic mass is 10.0. The van der Waals surface area contributed by atoms with Crippen LogP contribution in [-0.2, 0) is 4.74 Å². The Labute approximate surface area is 138 Å². The van der Waals surface area contributed by atoms with Crippen LogP contribution in [0, 0.1) is 0 Å². The first kappa shape index (κ1) is 16.5. The highest BCUT2D eigenvalue weighted by molar-refractivity contribution is 5.76. The van der Waals surface area contributed by atoms with E-state index >= 15 is 0 Å². The van der Waals surface area contributed by atoms with Crippen molar-refractivity contribution in [3.05, 3.63) is 29.8 Å². The molecule has 0 fully saturated rings. The Morgan fingerprint density at radius 3 is 2.67 bits per heavy atom. The van der Waals surface area contributed by atoms with E-state index in [1.165, 1.54) is 12.1 Å². The molecule has 0 saturated carbocycles. The number of halogens is 2. The van der Waals surface area contributed by atoms with Crippen LogP contribution in [0.4, 0.5) is 13.6 Å².